The number of benzene rings is 1. The lowest BCUT2D eigenvalue weighted by Gasteiger charge is -2.44. The third-order valence-corrected chi connectivity index (χ3v) is 4.63. The van der Waals surface area contributed by atoms with E-state index in [1.54, 1.807) is 0 Å². The van der Waals surface area contributed by atoms with E-state index >= 15 is 0 Å². The average Bonchev–Trinajstić information content (AvgIpc) is 2.70. The number of azide groups is 1. The standard InChI is InChI=1S/C17H22N4O9/c18-21-20-9-3-1-8(2-4-9)5-12(25)19-13-10(23)6-17(29,16(27)28)30-15(13)14(26)11(24)7-22/h1-4,10-11,13-15,22-24,26,29H,5-7H2,(H,19,25)(H,27,28)/t10-,11+,13+,14+,15+,17?/m0/s1. The van der Waals surface area contributed by atoms with Gasteiger partial charge in [0.2, 0.25) is 5.91 Å². The number of carboxylic acid groups (broad SMARTS) is 1. The van der Waals surface area contributed by atoms with Crippen molar-refractivity contribution >= 4 is 17.6 Å². The number of rotatable bonds is 8. The van der Waals surface area contributed by atoms with Gasteiger partial charge >= 0.3 is 5.97 Å². The van der Waals surface area contributed by atoms with Crippen molar-refractivity contribution in [2.45, 2.75) is 49.1 Å². The number of carboxylic acids is 1. The van der Waals surface area contributed by atoms with Crippen molar-refractivity contribution in [2.75, 3.05) is 6.61 Å². The van der Waals surface area contributed by atoms with Gasteiger partial charge in [-0.2, -0.15) is 0 Å². The molecule has 0 bridgehead atoms. The number of aliphatic hydroxyl groups is 5. The van der Waals surface area contributed by atoms with Crippen molar-refractivity contribution in [3.63, 3.8) is 0 Å². The number of carbonyl (C=O) groups excluding carboxylic acids is 1. The highest BCUT2D eigenvalue weighted by Crippen LogP contribution is 2.30. The van der Waals surface area contributed by atoms with Gasteiger partial charge in [0.25, 0.3) is 5.79 Å². The van der Waals surface area contributed by atoms with E-state index in [0.717, 1.165) is 0 Å². The summed E-state index contributed by atoms with van der Waals surface area (Å²) in [6, 6.07) is 4.64. The monoisotopic (exact) mass is 426 g/mol. The molecule has 7 N–H and O–H groups in total. The molecule has 1 fully saturated rings. The largest absolute Gasteiger partial charge is 0.477 e. The minimum Gasteiger partial charge on any atom is -0.477 e. The maximum atomic E-state index is 12.4. The molecule has 0 radical (unpaired) electrons. The van der Waals surface area contributed by atoms with Crippen LogP contribution in [0.3, 0.4) is 0 Å². The van der Waals surface area contributed by atoms with Crippen molar-refractivity contribution in [3.8, 4) is 0 Å². The van der Waals surface area contributed by atoms with Crippen LogP contribution in [-0.4, -0.2) is 85.4 Å². The summed E-state index contributed by atoms with van der Waals surface area (Å²) in [5.74, 6) is -5.34. The van der Waals surface area contributed by atoms with E-state index in [-0.39, 0.29) is 6.42 Å². The summed E-state index contributed by atoms with van der Waals surface area (Å²) >= 11 is 0. The van der Waals surface area contributed by atoms with Gasteiger partial charge in [0, 0.05) is 17.0 Å². The van der Waals surface area contributed by atoms with Gasteiger partial charge in [0.1, 0.15) is 18.3 Å². The van der Waals surface area contributed by atoms with E-state index in [1.165, 1.54) is 24.3 Å². The van der Waals surface area contributed by atoms with Crippen LogP contribution in [-0.2, 0) is 20.7 Å². The summed E-state index contributed by atoms with van der Waals surface area (Å²) in [7, 11) is 0. The van der Waals surface area contributed by atoms with Gasteiger partial charge in [0.05, 0.1) is 25.2 Å². The molecule has 1 saturated heterocycles. The van der Waals surface area contributed by atoms with E-state index in [9.17, 15) is 30.0 Å². The van der Waals surface area contributed by atoms with E-state index in [4.69, 9.17) is 20.5 Å². The Morgan fingerprint density at radius 2 is 1.97 bits per heavy atom. The number of hydrogen-bond donors (Lipinski definition) is 7. The van der Waals surface area contributed by atoms with Crippen LogP contribution in [0.15, 0.2) is 29.4 Å². The molecule has 1 aliphatic rings. The van der Waals surface area contributed by atoms with Crippen LogP contribution in [0, 0.1) is 0 Å². The number of nitrogens with zero attached hydrogens (tertiary/aromatic N) is 3. The Kier molecular flexibility index (Phi) is 7.70. The highest BCUT2D eigenvalue weighted by molar-refractivity contribution is 5.79. The summed E-state index contributed by atoms with van der Waals surface area (Å²) in [5, 5.41) is 64.2. The molecule has 0 aromatic heterocycles. The number of ether oxygens (including phenoxy) is 1. The number of nitrogens with one attached hydrogen (secondary N) is 1. The maximum Gasteiger partial charge on any atom is 0.364 e. The molecule has 0 saturated carbocycles. The number of aliphatic hydroxyl groups excluding tert-OH is 4. The second-order valence-corrected chi connectivity index (χ2v) is 6.81. The van der Waals surface area contributed by atoms with E-state index in [2.05, 4.69) is 15.3 Å². The second-order valence-electron chi connectivity index (χ2n) is 6.81. The predicted molar refractivity (Wildman–Crippen MR) is 98.1 cm³/mol. The van der Waals surface area contributed by atoms with Crippen LogP contribution in [0.2, 0.25) is 0 Å². The van der Waals surface area contributed by atoms with Gasteiger partial charge in [-0.05, 0) is 11.1 Å². The zero-order valence-electron chi connectivity index (χ0n) is 15.6. The first kappa shape index (κ1) is 23.5. The van der Waals surface area contributed by atoms with Crippen LogP contribution in [0.4, 0.5) is 5.69 Å². The minimum absolute atomic E-state index is 0.186. The lowest BCUT2D eigenvalue weighted by atomic mass is 9.88. The van der Waals surface area contributed by atoms with Gasteiger partial charge in [-0.3, -0.25) is 4.79 Å². The highest BCUT2D eigenvalue weighted by Gasteiger charge is 2.53. The molecule has 2 rings (SSSR count). The Hall–Kier alpha value is -2.77. The zero-order valence-corrected chi connectivity index (χ0v) is 15.6. The fourth-order valence-corrected chi connectivity index (χ4v) is 3.06. The fraction of sp³-hybridized carbons (Fsp3) is 0.529. The molecule has 1 heterocycles. The Bertz CT molecular complexity index is 814. The fourth-order valence-electron chi connectivity index (χ4n) is 3.06. The molecule has 164 valence electrons. The average molecular weight is 426 g/mol. The first-order chi connectivity index (χ1) is 14.1. The molecule has 6 atom stereocenters. The van der Waals surface area contributed by atoms with Crippen molar-refractivity contribution in [1.29, 1.82) is 0 Å². The number of amides is 1. The van der Waals surface area contributed by atoms with E-state index < -0.39 is 61.1 Å². The molecule has 1 aliphatic heterocycles. The molecule has 13 nitrogen and oxygen atoms in total. The predicted octanol–water partition coefficient (Wildman–Crippen LogP) is -1.71. The summed E-state index contributed by atoms with van der Waals surface area (Å²) in [5.41, 5.74) is 9.25. The molecule has 30 heavy (non-hydrogen) atoms. The molecular weight excluding hydrogens is 404 g/mol. The Morgan fingerprint density at radius 1 is 1.33 bits per heavy atom. The molecule has 1 amide bonds. The molecule has 1 aromatic carbocycles. The van der Waals surface area contributed by atoms with Crippen molar-refractivity contribution in [3.05, 3.63) is 40.3 Å². The first-order valence-corrected chi connectivity index (χ1v) is 8.83. The molecule has 0 aliphatic carbocycles. The van der Waals surface area contributed by atoms with Crippen molar-refractivity contribution < 1.29 is 45.0 Å². The van der Waals surface area contributed by atoms with Crippen LogP contribution in [0.1, 0.15) is 12.0 Å². The smallest absolute Gasteiger partial charge is 0.364 e. The maximum absolute atomic E-state index is 12.4. The van der Waals surface area contributed by atoms with Crippen LogP contribution < -0.4 is 5.32 Å². The summed E-state index contributed by atoms with van der Waals surface area (Å²) in [4.78, 5) is 26.3. The minimum atomic E-state index is -2.86. The van der Waals surface area contributed by atoms with Crippen molar-refractivity contribution in [2.24, 2.45) is 5.11 Å². The summed E-state index contributed by atoms with van der Waals surface area (Å²) in [6.45, 7) is -0.916. The normalized spacial score (nSPS) is 28.1. The summed E-state index contributed by atoms with van der Waals surface area (Å²) in [6.07, 6.45) is -8.11. The SMILES string of the molecule is [N-]=[N+]=Nc1ccc(CC(=O)N[C@H]2[C@H]([C@H](O)[C@H](O)CO)OC(O)(C(=O)O)C[C@@H]2O)cc1. The van der Waals surface area contributed by atoms with Gasteiger partial charge in [0.15, 0.2) is 0 Å². The van der Waals surface area contributed by atoms with Crippen LogP contribution >= 0.6 is 0 Å². The lowest BCUT2D eigenvalue weighted by molar-refractivity contribution is -0.295. The highest BCUT2D eigenvalue weighted by atomic mass is 16.7. The Labute approximate surface area is 169 Å². The quantitative estimate of drug-likeness (QED) is 0.142. The van der Waals surface area contributed by atoms with Crippen LogP contribution in [0.25, 0.3) is 10.4 Å². The van der Waals surface area contributed by atoms with Crippen LogP contribution in [0.5, 0.6) is 0 Å². The number of aliphatic carboxylic acids is 1. The van der Waals surface area contributed by atoms with Gasteiger partial charge in [-0.25, -0.2) is 4.79 Å². The topological polar surface area (TPSA) is 226 Å². The third kappa shape index (κ3) is 5.43. The molecule has 13 heteroatoms. The number of hydrogen-bond acceptors (Lipinski definition) is 9. The molecule has 0 spiro atoms. The first-order valence-electron chi connectivity index (χ1n) is 8.83. The molecular formula is C17H22N4O9. The van der Waals surface area contributed by atoms with Gasteiger partial charge in [-0.15, -0.1) is 0 Å². The molecule has 1 unspecified atom stereocenters. The Morgan fingerprint density at radius 3 is 2.50 bits per heavy atom. The second kappa shape index (κ2) is 9.82. The van der Waals surface area contributed by atoms with E-state index in [1.807, 2.05) is 0 Å². The molecule has 1 aromatic rings. The van der Waals surface area contributed by atoms with Gasteiger partial charge < -0.3 is 40.7 Å². The third-order valence-electron chi connectivity index (χ3n) is 4.63. The number of carbonyl (C=O) groups is 2. The van der Waals surface area contributed by atoms with Gasteiger partial charge in [-0.1, -0.05) is 29.4 Å². The lowest BCUT2D eigenvalue weighted by Crippen LogP contribution is -2.67. The Balaban J connectivity index is 2.17. The van der Waals surface area contributed by atoms with E-state index in [0.29, 0.717) is 11.3 Å². The zero-order chi connectivity index (χ0) is 22.5. The van der Waals surface area contributed by atoms with Crippen molar-refractivity contribution in [1.82, 2.24) is 5.32 Å². The summed E-state index contributed by atoms with van der Waals surface area (Å²) < 4.78 is 5.01.